The fourth-order valence-corrected chi connectivity index (χ4v) is 1.15. The van der Waals surface area contributed by atoms with Gasteiger partial charge in [0.05, 0.1) is 12.3 Å². The van der Waals surface area contributed by atoms with E-state index < -0.39 is 0 Å². The maximum absolute atomic E-state index is 5.25. The molecule has 0 saturated heterocycles. The first-order valence-corrected chi connectivity index (χ1v) is 5.67. The summed E-state index contributed by atoms with van der Waals surface area (Å²) in [6, 6.07) is 1.90. The minimum Gasteiger partial charge on any atom is -0.375 e. The predicted molar refractivity (Wildman–Crippen MR) is 59.6 cm³/mol. The number of hydrogen-bond acceptors (Lipinski definition) is 4. The van der Waals surface area contributed by atoms with Gasteiger partial charge in [-0.05, 0) is 6.92 Å². The Balaban J connectivity index is 2.50. The van der Waals surface area contributed by atoms with Gasteiger partial charge in [0.25, 0.3) is 0 Å². The monoisotopic (exact) mass is 259 g/mol. The molecule has 0 aliphatic rings. The average molecular weight is 260 g/mol. The van der Waals surface area contributed by atoms with E-state index in [1.54, 1.807) is 6.33 Å². The average Bonchev–Trinajstić information content (AvgIpc) is 2.24. The third kappa shape index (κ3) is 4.02. The first-order chi connectivity index (χ1) is 6.86. The second-order valence-corrected chi connectivity index (χ2v) is 3.44. The number of ether oxygens (including phenoxy) is 1. The van der Waals surface area contributed by atoms with E-state index in [-0.39, 0.29) is 0 Å². The Morgan fingerprint density at radius 3 is 3.07 bits per heavy atom. The summed E-state index contributed by atoms with van der Waals surface area (Å²) in [4.78, 5) is 8.18. The van der Waals surface area contributed by atoms with Crippen molar-refractivity contribution in [3.8, 4) is 0 Å². The molecule has 0 bridgehead atoms. The molecule has 1 heterocycles. The van der Waals surface area contributed by atoms with Crippen molar-refractivity contribution in [1.29, 1.82) is 0 Å². The molecule has 0 fully saturated rings. The molecule has 0 spiro atoms. The number of rotatable bonds is 6. The lowest BCUT2D eigenvalue weighted by molar-refractivity contribution is 0.131. The number of alkyl halides is 1. The summed E-state index contributed by atoms with van der Waals surface area (Å²) in [5.74, 6) is 0.842. The number of hydrogen-bond donors (Lipinski definition) is 1. The van der Waals surface area contributed by atoms with E-state index >= 15 is 0 Å². The highest BCUT2D eigenvalue weighted by Crippen LogP contribution is 2.04. The normalized spacial score (nSPS) is 10.1. The molecule has 0 unspecified atom stereocenters. The van der Waals surface area contributed by atoms with Crippen molar-refractivity contribution in [2.45, 2.75) is 13.5 Å². The third-order valence-corrected chi connectivity index (χ3v) is 1.97. The van der Waals surface area contributed by atoms with Gasteiger partial charge in [-0.3, -0.25) is 0 Å². The van der Waals surface area contributed by atoms with Gasteiger partial charge in [-0.25, -0.2) is 9.97 Å². The Morgan fingerprint density at radius 2 is 2.36 bits per heavy atom. The molecule has 5 heteroatoms. The standard InChI is InChI=1S/C9H14BrN3O/c1-2-14-6-8-5-9(11-4-3-10)13-7-12-8/h5,7H,2-4,6H2,1H3,(H,11,12,13). The summed E-state index contributed by atoms with van der Waals surface area (Å²) >= 11 is 3.34. The van der Waals surface area contributed by atoms with Crippen molar-refractivity contribution in [3.05, 3.63) is 18.1 Å². The second kappa shape index (κ2) is 6.73. The van der Waals surface area contributed by atoms with Gasteiger partial charge in [0.15, 0.2) is 0 Å². The van der Waals surface area contributed by atoms with Crippen molar-refractivity contribution < 1.29 is 4.74 Å². The highest BCUT2D eigenvalue weighted by molar-refractivity contribution is 9.09. The third-order valence-electron chi connectivity index (χ3n) is 1.58. The van der Waals surface area contributed by atoms with Crippen molar-refractivity contribution in [2.75, 3.05) is 23.8 Å². The first-order valence-electron chi connectivity index (χ1n) is 4.55. The molecule has 14 heavy (non-hydrogen) atoms. The molecule has 1 aromatic heterocycles. The maximum atomic E-state index is 5.25. The number of halogens is 1. The molecule has 0 aliphatic carbocycles. The summed E-state index contributed by atoms with van der Waals surface area (Å²) in [5, 5.41) is 4.06. The SMILES string of the molecule is CCOCc1cc(NCCBr)ncn1. The molecule has 1 aromatic rings. The van der Waals surface area contributed by atoms with Crippen LogP contribution in [-0.2, 0) is 11.3 Å². The van der Waals surface area contributed by atoms with Crippen molar-refractivity contribution in [1.82, 2.24) is 9.97 Å². The van der Waals surface area contributed by atoms with E-state index in [2.05, 4.69) is 31.2 Å². The fraction of sp³-hybridized carbons (Fsp3) is 0.556. The fourth-order valence-electron chi connectivity index (χ4n) is 0.955. The zero-order valence-electron chi connectivity index (χ0n) is 8.16. The number of anilines is 1. The van der Waals surface area contributed by atoms with E-state index in [0.29, 0.717) is 13.2 Å². The summed E-state index contributed by atoms with van der Waals surface area (Å²) in [5.41, 5.74) is 0.902. The van der Waals surface area contributed by atoms with E-state index in [4.69, 9.17) is 4.74 Å². The van der Waals surface area contributed by atoms with Crippen LogP contribution in [-0.4, -0.2) is 28.4 Å². The van der Waals surface area contributed by atoms with Crippen LogP contribution in [0.2, 0.25) is 0 Å². The molecule has 78 valence electrons. The van der Waals surface area contributed by atoms with E-state index in [1.165, 1.54) is 0 Å². The summed E-state index contributed by atoms with van der Waals surface area (Å²) in [6.45, 7) is 4.06. The van der Waals surface area contributed by atoms with Crippen LogP contribution in [0.25, 0.3) is 0 Å². The zero-order valence-corrected chi connectivity index (χ0v) is 9.75. The largest absolute Gasteiger partial charge is 0.375 e. The van der Waals surface area contributed by atoms with Crippen LogP contribution in [0.4, 0.5) is 5.82 Å². The quantitative estimate of drug-likeness (QED) is 0.792. The van der Waals surface area contributed by atoms with Gasteiger partial charge in [0, 0.05) is 24.5 Å². The van der Waals surface area contributed by atoms with Crippen LogP contribution in [0.1, 0.15) is 12.6 Å². The Bertz CT molecular complexity index is 247. The molecule has 0 atom stereocenters. The minimum absolute atomic E-state index is 0.544. The Morgan fingerprint density at radius 1 is 1.50 bits per heavy atom. The molecule has 0 saturated carbocycles. The Hall–Kier alpha value is -0.680. The number of nitrogens with one attached hydrogen (secondary N) is 1. The highest BCUT2D eigenvalue weighted by Gasteiger charge is 1.97. The highest BCUT2D eigenvalue weighted by atomic mass is 79.9. The summed E-state index contributed by atoms with van der Waals surface area (Å²) < 4.78 is 5.25. The smallest absolute Gasteiger partial charge is 0.129 e. The van der Waals surface area contributed by atoms with Gasteiger partial charge in [0.1, 0.15) is 12.1 Å². The van der Waals surface area contributed by atoms with E-state index in [9.17, 15) is 0 Å². The van der Waals surface area contributed by atoms with Crippen LogP contribution in [0.5, 0.6) is 0 Å². The molecular formula is C9H14BrN3O. The van der Waals surface area contributed by atoms with Gasteiger partial charge in [-0.2, -0.15) is 0 Å². The lowest BCUT2D eigenvalue weighted by Gasteiger charge is -2.04. The van der Waals surface area contributed by atoms with E-state index in [0.717, 1.165) is 23.4 Å². The maximum Gasteiger partial charge on any atom is 0.129 e. The van der Waals surface area contributed by atoms with Gasteiger partial charge < -0.3 is 10.1 Å². The van der Waals surface area contributed by atoms with Gasteiger partial charge in [-0.15, -0.1) is 0 Å². The van der Waals surface area contributed by atoms with Crippen LogP contribution < -0.4 is 5.32 Å². The van der Waals surface area contributed by atoms with Crippen LogP contribution in [0.15, 0.2) is 12.4 Å². The topological polar surface area (TPSA) is 47.0 Å². The molecule has 0 amide bonds. The molecule has 1 N–H and O–H groups in total. The minimum atomic E-state index is 0.544. The van der Waals surface area contributed by atoms with Crippen LogP contribution in [0, 0.1) is 0 Å². The number of aromatic nitrogens is 2. The van der Waals surface area contributed by atoms with Crippen LogP contribution >= 0.6 is 15.9 Å². The Labute approximate surface area is 92.2 Å². The van der Waals surface area contributed by atoms with Crippen molar-refractivity contribution >= 4 is 21.7 Å². The van der Waals surface area contributed by atoms with Crippen molar-refractivity contribution in [2.24, 2.45) is 0 Å². The van der Waals surface area contributed by atoms with Gasteiger partial charge in [0.2, 0.25) is 0 Å². The molecule has 0 aromatic carbocycles. The Kier molecular flexibility index (Phi) is 5.47. The predicted octanol–water partition coefficient (Wildman–Crippen LogP) is 1.82. The molecule has 0 aliphatic heterocycles. The van der Waals surface area contributed by atoms with Crippen LogP contribution in [0.3, 0.4) is 0 Å². The van der Waals surface area contributed by atoms with E-state index in [1.807, 2.05) is 13.0 Å². The zero-order chi connectivity index (χ0) is 10.2. The molecule has 4 nitrogen and oxygen atoms in total. The lowest BCUT2D eigenvalue weighted by atomic mass is 10.4. The summed E-state index contributed by atoms with van der Waals surface area (Å²) in [6.07, 6.45) is 1.55. The molecule has 0 radical (unpaired) electrons. The second-order valence-electron chi connectivity index (χ2n) is 2.65. The van der Waals surface area contributed by atoms with Gasteiger partial charge >= 0.3 is 0 Å². The molecule has 1 rings (SSSR count). The molecular weight excluding hydrogens is 246 g/mol. The summed E-state index contributed by atoms with van der Waals surface area (Å²) in [7, 11) is 0. The van der Waals surface area contributed by atoms with Crippen molar-refractivity contribution in [3.63, 3.8) is 0 Å². The lowest BCUT2D eigenvalue weighted by Crippen LogP contribution is -2.05. The van der Waals surface area contributed by atoms with Gasteiger partial charge in [-0.1, -0.05) is 15.9 Å². The number of nitrogens with zero attached hydrogens (tertiary/aromatic N) is 2. The first kappa shape index (κ1) is 11.4.